The van der Waals surface area contributed by atoms with Crippen molar-refractivity contribution in [1.82, 2.24) is 10.2 Å². The topological polar surface area (TPSA) is 15.3 Å². The number of hydrogen-bond donors (Lipinski definition) is 1. The standard InChI is InChI=1S/C15H30N2/c1-3-10-16-14-9-11-17(12-14)15-8-6-5-7-13(15)4-2/h13-16H,3-12H2,1-2H3. The van der Waals surface area contributed by atoms with E-state index < -0.39 is 0 Å². The lowest BCUT2D eigenvalue weighted by Crippen LogP contribution is -2.43. The van der Waals surface area contributed by atoms with Crippen LogP contribution in [0.2, 0.25) is 0 Å². The first-order valence-corrected chi connectivity index (χ1v) is 7.82. The Kier molecular flexibility index (Phi) is 5.30. The molecule has 2 rings (SSSR count). The number of hydrogen-bond acceptors (Lipinski definition) is 2. The first-order chi connectivity index (χ1) is 8.35. The largest absolute Gasteiger partial charge is 0.313 e. The predicted octanol–water partition coefficient (Wildman–Crippen LogP) is 3.03. The molecule has 0 aromatic carbocycles. The number of nitrogens with one attached hydrogen (secondary N) is 1. The molecule has 2 heteroatoms. The van der Waals surface area contributed by atoms with Crippen molar-refractivity contribution in [3.63, 3.8) is 0 Å². The maximum atomic E-state index is 3.69. The van der Waals surface area contributed by atoms with Crippen LogP contribution in [0, 0.1) is 5.92 Å². The van der Waals surface area contributed by atoms with Gasteiger partial charge in [-0.2, -0.15) is 0 Å². The van der Waals surface area contributed by atoms with E-state index in [4.69, 9.17) is 0 Å². The first kappa shape index (κ1) is 13.4. The fourth-order valence-electron chi connectivity index (χ4n) is 3.75. The molecule has 0 aromatic heterocycles. The average molecular weight is 238 g/mol. The Morgan fingerprint density at radius 2 is 1.94 bits per heavy atom. The molecule has 0 bridgehead atoms. The van der Waals surface area contributed by atoms with Crippen molar-refractivity contribution < 1.29 is 0 Å². The molecule has 3 atom stereocenters. The minimum Gasteiger partial charge on any atom is -0.313 e. The van der Waals surface area contributed by atoms with Gasteiger partial charge in [-0.15, -0.1) is 0 Å². The molecule has 100 valence electrons. The third-order valence-corrected chi connectivity index (χ3v) is 4.77. The van der Waals surface area contributed by atoms with Crippen LogP contribution in [-0.2, 0) is 0 Å². The summed E-state index contributed by atoms with van der Waals surface area (Å²) in [6.45, 7) is 8.48. The zero-order chi connectivity index (χ0) is 12.1. The molecule has 1 saturated carbocycles. The molecule has 17 heavy (non-hydrogen) atoms. The minimum atomic E-state index is 0.773. The predicted molar refractivity (Wildman–Crippen MR) is 74.3 cm³/mol. The molecule has 2 nitrogen and oxygen atoms in total. The normalized spacial score (nSPS) is 35.3. The van der Waals surface area contributed by atoms with Crippen LogP contribution in [0.5, 0.6) is 0 Å². The van der Waals surface area contributed by atoms with Crippen LogP contribution in [0.25, 0.3) is 0 Å². The summed E-state index contributed by atoms with van der Waals surface area (Å²) >= 11 is 0. The lowest BCUT2D eigenvalue weighted by atomic mass is 9.82. The van der Waals surface area contributed by atoms with Crippen molar-refractivity contribution in [3.05, 3.63) is 0 Å². The van der Waals surface area contributed by atoms with Gasteiger partial charge < -0.3 is 5.32 Å². The first-order valence-electron chi connectivity index (χ1n) is 7.82. The van der Waals surface area contributed by atoms with Gasteiger partial charge in [0, 0.05) is 25.2 Å². The van der Waals surface area contributed by atoms with Gasteiger partial charge in [0.2, 0.25) is 0 Å². The molecule has 0 aromatic rings. The molecule has 2 fully saturated rings. The summed E-state index contributed by atoms with van der Waals surface area (Å²) in [6.07, 6.45) is 9.88. The van der Waals surface area contributed by atoms with E-state index in [1.54, 1.807) is 0 Å². The summed E-state index contributed by atoms with van der Waals surface area (Å²) in [7, 11) is 0. The Bertz CT molecular complexity index is 217. The van der Waals surface area contributed by atoms with E-state index in [2.05, 4.69) is 24.1 Å². The van der Waals surface area contributed by atoms with Gasteiger partial charge in [0.15, 0.2) is 0 Å². The number of nitrogens with zero attached hydrogens (tertiary/aromatic N) is 1. The highest BCUT2D eigenvalue weighted by Crippen LogP contribution is 2.32. The van der Waals surface area contributed by atoms with Gasteiger partial charge in [0.1, 0.15) is 0 Å². The van der Waals surface area contributed by atoms with Gasteiger partial charge in [-0.25, -0.2) is 0 Å². The molecule has 0 amide bonds. The number of rotatable bonds is 5. The minimum absolute atomic E-state index is 0.773. The quantitative estimate of drug-likeness (QED) is 0.792. The van der Waals surface area contributed by atoms with Gasteiger partial charge in [0.05, 0.1) is 0 Å². The summed E-state index contributed by atoms with van der Waals surface area (Å²) < 4.78 is 0. The molecule has 1 aliphatic heterocycles. The van der Waals surface area contributed by atoms with Gasteiger partial charge in [-0.05, 0) is 38.1 Å². The highest BCUT2D eigenvalue weighted by molar-refractivity contribution is 4.89. The Labute approximate surface area is 107 Å². The lowest BCUT2D eigenvalue weighted by Gasteiger charge is -2.37. The summed E-state index contributed by atoms with van der Waals surface area (Å²) in [5, 5.41) is 3.69. The van der Waals surface area contributed by atoms with E-state index in [-0.39, 0.29) is 0 Å². The van der Waals surface area contributed by atoms with Crippen molar-refractivity contribution in [2.45, 2.75) is 70.9 Å². The summed E-state index contributed by atoms with van der Waals surface area (Å²) in [5.41, 5.74) is 0. The lowest BCUT2D eigenvalue weighted by molar-refractivity contribution is 0.123. The fourth-order valence-corrected chi connectivity index (χ4v) is 3.75. The van der Waals surface area contributed by atoms with Crippen LogP contribution in [0.3, 0.4) is 0 Å². The van der Waals surface area contributed by atoms with Crippen molar-refractivity contribution in [2.24, 2.45) is 5.92 Å². The van der Waals surface area contributed by atoms with Crippen LogP contribution in [0.15, 0.2) is 0 Å². The third kappa shape index (κ3) is 3.45. The maximum Gasteiger partial charge on any atom is 0.0207 e. The Balaban J connectivity index is 1.81. The van der Waals surface area contributed by atoms with Crippen LogP contribution in [0.4, 0.5) is 0 Å². The average Bonchev–Trinajstić information content (AvgIpc) is 2.85. The second kappa shape index (κ2) is 6.75. The fraction of sp³-hybridized carbons (Fsp3) is 1.00. The van der Waals surface area contributed by atoms with Crippen molar-refractivity contribution in [1.29, 1.82) is 0 Å². The van der Waals surface area contributed by atoms with E-state index in [9.17, 15) is 0 Å². The van der Waals surface area contributed by atoms with E-state index in [1.165, 1.54) is 64.6 Å². The van der Waals surface area contributed by atoms with E-state index >= 15 is 0 Å². The van der Waals surface area contributed by atoms with E-state index in [1.807, 2.05) is 0 Å². The summed E-state index contributed by atoms with van der Waals surface area (Å²) in [5.74, 6) is 0.980. The zero-order valence-corrected chi connectivity index (χ0v) is 11.8. The highest BCUT2D eigenvalue weighted by atomic mass is 15.2. The molecule has 3 unspecified atom stereocenters. The Hall–Kier alpha value is -0.0800. The van der Waals surface area contributed by atoms with Crippen molar-refractivity contribution in [3.8, 4) is 0 Å². The van der Waals surface area contributed by atoms with Gasteiger partial charge in [0.25, 0.3) is 0 Å². The van der Waals surface area contributed by atoms with Gasteiger partial charge in [-0.1, -0.05) is 33.1 Å². The zero-order valence-electron chi connectivity index (χ0n) is 11.8. The van der Waals surface area contributed by atoms with Crippen LogP contribution in [-0.4, -0.2) is 36.6 Å². The van der Waals surface area contributed by atoms with E-state index in [0.29, 0.717) is 0 Å². The molecule has 1 saturated heterocycles. The summed E-state index contributed by atoms with van der Waals surface area (Å²) in [6, 6.07) is 1.68. The number of likely N-dealkylation sites (tertiary alicyclic amines) is 1. The van der Waals surface area contributed by atoms with Crippen LogP contribution >= 0.6 is 0 Å². The second-order valence-electron chi connectivity index (χ2n) is 5.95. The Morgan fingerprint density at radius 1 is 1.12 bits per heavy atom. The smallest absolute Gasteiger partial charge is 0.0207 e. The molecular formula is C15H30N2. The van der Waals surface area contributed by atoms with Crippen LogP contribution in [0.1, 0.15) is 58.8 Å². The molecular weight excluding hydrogens is 208 g/mol. The molecule has 0 radical (unpaired) electrons. The van der Waals surface area contributed by atoms with Gasteiger partial charge >= 0.3 is 0 Å². The van der Waals surface area contributed by atoms with Gasteiger partial charge in [-0.3, -0.25) is 4.90 Å². The highest BCUT2D eigenvalue weighted by Gasteiger charge is 2.33. The van der Waals surface area contributed by atoms with E-state index in [0.717, 1.165) is 18.0 Å². The van der Waals surface area contributed by atoms with Crippen molar-refractivity contribution in [2.75, 3.05) is 19.6 Å². The molecule has 1 aliphatic carbocycles. The molecule has 1 heterocycles. The Morgan fingerprint density at radius 3 is 2.71 bits per heavy atom. The van der Waals surface area contributed by atoms with Crippen molar-refractivity contribution >= 4 is 0 Å². The second-order valence-corrected chi connectivity index (χ2v) is 5.95. The molecule has 2 aliphatic rings. The summed E-state index contributed by atoms with van der Waals surface area (Å²) in [4.78, 5) is 2.79. The van der Waals surface area contributed by atoms with Crippen LogP contribution < -0.4 is 5.32 Å². The third-order valence-electron chi connectivity index (χ3n) is 4.77. The monoisotopic (exact) mass is 238 g/mol. The SMILES string of the molecule is CCCNC1CCN(C2CCCCC2CC)C1. The molecule has 1 N–H and O–H groups in total. The molecule has 0 spiro atoms. The maximum absolute atomic E-state index is 3.69.